The van der Waals surface area contributed by atoms with Gasteiger partial charge in [-0.05, 0) is 17.5 Å². The van der Waals surface area contributed by atoms with E-state index in [1.54, 1.807) is 0 Å². The lowest BCUT2D eigenvalue weighted by Crippen LogP contribution is -2.48. The third-order valence-electron chi connectivity index (χ3n) is 4.80. The minimum atomic E-state index is -1.32. The van der Waals surface area contributed by atoms with E-state index in [0.29, 0.717) is 6.42 Å². The molecule has 1 aliphatic heterocycles. The van der Waals surface area contributed by atoms with Crippen molar-refractivity contribution >= 4 is 18.0 Å². The molecule has 2 aromatic rings. The first-order valence-corrected chi connectivity index (χ1v) is 9.57. The van der Waals surface area contributed by atoms with Crippen LogP contribution in [0.4, 0.5) is 4.79 Å². The molecule has 7 nitrogen and oxygen atoms in total. The van der Waals surface area contributed by atoms with Crippen LogP contribution in [0, 0.1) is 0 Å². The average Bonchev–Trinajstić information content (AvgIpc) is 3.00. The van der Waals surface area contributed by atoms with Gasteiger partial charge in [0.1, 0.15) is 0 Å². The maximum absolute atomic E-state index is 13.2. The first kappa shape index (κ1) is 20.4. The molecule has 0 bridgehead atoms. The second-order valence-corrected chi connectivity index (χ2v) is 6.90. The fourth-order valence-corrected chi connectivity index (χ4v) is 3.45. The van der Waals surface area contributed by atoms with Gasteiger partial charge in [-0.2, -0.15) is 0 Å². The zero-order chi connectivity index (χ0) is 20.8. The number of carbonyl (C=O) groups excluding carboxylic acids is 2. The summed E-state index contributed by atoms with van der Waals surface area (Å²) in [5, 5.41) is 9.88. The third kappa shape index (κ3) is 4.56. The molecule has 0 radical (unpaired) electrons. The number of carbonyl (C=O) groups is 3. The van der Waals surface area contributed by atoms with Crippen molar-refractivity contribution in [2.75, 3.05) is 6.61 Å². The van der Waals surface area contributed by atoms with Gasteiger partial charge in [-0.25, -0.2) is 14.4 Å². The summed E-state index contributed by atoms with van der Waals surface area (Å²) in [5.74, 6) is -1.93. The van der Waals surface area contributed by atoms with Crippen molar-refractivity contribution in [3.05, 3.63) is 71.8 Å². The van der Waals surface area contributed by atoms with Crippen molar-refractivity contribution in [2.45, 2.75) is 38.5 Å². The Kier molecular flexibility index (Phi) is 6.49. The smallest absolute Gasteiger partial charge is 0.331 e. The summed E-state index contributed by atoms with van der Waals surface area (Å²) in [7, 11) is 0. The van der Waals surface area contributed by atoms with E-state index < -0.39 is 30.1 Å². The molecule has 7 heteroatoms. The first-order valence-electron chi connectivity index (χ1n) is 9.57. The van der Waals surface area contributed by atoms with E-state index in [0.717, 1.165) is 11.1 Å². The fraction of sp³-hybridized carbons (Fsp3) is 0.318. The van der Waals surface area contributed by atoms with Crippen LogP contribution in [0.2, 0.25) is 0 Å². The monoisotopic (exact) mass is 396 g/mol. The van der Waals surface area contributed by atoms with Crippen molar-refractivity contribution in [1.29, 1.82) is 0 Å². The summed E-state index contributed by atoms with van der Waals surface area (Å²) < 4.78 is 5.25. The number of urea groups is 1. The van der Waals surface area contributed by atoms with Crippen LogP contribution in [-0.2, 0) is 27.4 Å². The summed E-state index contributed by atoms with van der Waals surface area (Å²) in [6.45, 7) is 2.25. The lowest BCUT2D eigenvalue weighted by atomic mass is 10.1. The number of hydrogen-bond acceptors (Lipinski definition) is 4. The molecule has 0 aromatic heterocycles. The number of carboxylic acids is 1. The van der Waals surface area contributed by atoms with Gasteiger partial charge < -0.3 is 19.6 Å². The van der Waals surface area contributed by atoms with Crippen LogP contribution in [0.3, 0.4) is 0 Å². The Labute approximate surface area is 169 Å². The second kappa shape index (κ2) is 9.23. The normalized spacial score (nSPS) is 18.7. The topological polar surface area (TPSA) is 87.1 Å². The third-order valence-corrected chi connectivity index (χ3v) is 4.80. The van der Waals surface area contributed by atoms with Crippen molar-refractivity contribution in [3.8, 4) is 0 Å². The lowest BCUT2D eigenvalue weighted by Gasteiger charge is -2.23. The molecule has 152 valence electrons. The molecule has 0 aliphatic carbocycles. The Morgan fingerprint density at radius 2 is 1.38 bits per heavy atom. The van der Waals surface area contributed by atoms with Gasteiger partial charge >= 0.3 is 18.0 Å². The molecule has 0 spiro atoms. The maximum atomic E-state index is 13.2. The molecule has 2 aromatic carbocycles. The van der Waals surface area contributed by atoms with E-state index in [4.69, 9.17) is 4.74 Å². The highest BCUT2D eigenvalue weighted by atomic mass is 16.5. The molecular formula is C22H24N2O5. The highest BCUT2D eigenvalue weighted by molar-refractivity contribution is 5.96. The summed E-state index contributed by atoms with van der Waals surface area (Å²) >= 11 is 0. The molecular weight excluding hydrogens is 372 g/mol. The van der Waals surface area contributed by atoms with E-state index in [2.05, 4.69) is 0 Å². The number of ether oxygens (including phenoxy) is 1. The van der Waals surface area contributed by atoms with Crippen LogP contribution in [-0.4, -0.2) is 51.6 Å². The summed E-state index contributed by atoms with van der Waals surface area (Å²) in [4.78, 5) is 40.6. The molecule has 0 saturated carbocycles. The molecule has 29 heavy (non-hydrogen) atoms. The molecule has 2 atom stereocenters. The van der Waals surface area contributed by atoms with E-state index >= 15 is 0 Å². The van der Waals surface area contributed by atoms with E-state index in [1.165, 1.54) is 9.80 Å². The maximum Gasteiger partial charge on any atom is 0.331 e. The molecule has 1 aliphatic rings. The Hall–Kier alpha value is -3.35. The minimum Gasteiger partial charge on any atom is -0.480 e. The van der Waals surface area contributed by atoms with Crippen molar-refractivity contribution in [3.63, 3.8) is 0 Å². The molecule has 1 fully saturated rings. The zero-order valence-corrected chi connectivity index (χ0v) is 16.2. The number of esters is 1. The quantitative estimate of drug-likeness (QED) is 0.694. The van der Waals surface area contributed by atoms with Gasteiger partial charge in [0.2, 0.25) is 0 Å². The van der Waals surface area contributed by atoms with E-state index in [1.807, 2.05) is 67.6 Å². The predicted molar refractivity (Wildman–Crippen MR) is 106 cm³/mol. The SMILES string of the molecule is CCCOC(=O)[C@H]1[C@@H](C(=O)O)N(Cc2ccccc2)C(=O)N1Cc1ccccc1. The van der Waals surface area contributed by atoms with Crippen LogP contribution in [0.15, 0.2) is 60.7 Å². The average molecular weight is 396 g/mol. The van der Waals surface area contributed by atoms with Gasteiger partial charge in [0.15, 0.2) is 12.1 Å². The number of aliphatic carboxylic acids is 1. The lowest BCUT2D eigenvalue weighted by molar-refractivity contribution is -0.155. The van der Waals surface area contributed by atoms with Crippen molar-refractivity contribution < 1.29 is 24.2 Å². The predicted octanol–water partition coefficient (Wildman–Crippen LogP) is 2.90. The number of benzene rings is 2. The number of rotatable bonds is 8. The molecule has 1 N–H and O–H groups in total. The Balaban J connectivity index is 1.95. The van der Waals surface area contributed by atoms with E-state index in [-0.39, 0.29) is 19.7 Å². The van der Waals surface area contributed by atoms with Crippen LogP contribution >= 0.6 is 0 Å². The number of amides is 2. The number of carboxylic acid groups (broad SMARTS) is 1. The van der Waals surface area contributed by atoms with Crippen LogP contribution in [0.5, 0.6) is 0 Å². The van der Waals surface area contributed by atoms with Crippen LogP contribution < -0.4 is 0 Å². The molecule has 0 unspecified atom stereocenters. The van der Waals surface area contributed by atoms with Gasteiger partial charge in [-0.15, -0.1) is 0 Å². The Bertz CT molecular complexity index is 856. The van der Waals surface area contributed by atoms with Crippen LogP contribution in [0.1, 0.15) is 24.5 Å². The van der Waals surface area contributed by atoms with Crippen molar-refractivity contribution in [1.82, 2.24) is 9.80 Å². The second-order valence-electron chi connectivity index (χ2n) is 6.90. The van der Waals surface area contributed by atoms with Crippen LogP contribution in [0.25, 0.3) is 0 Å². The molecule has 3 rings (SSSR count). The largest absolute Gasteiger partial charge is 0.480 e. The zero-order valence-electron chi connectivity index (χ0n) is 16.2. The van der Waals surface area contributed by atoms with Gasteiger partial charge in [0, 0.05) is 13.1 Å². The van der Waals surface area contributed by atoms with Gasteiger partial charge in [0.25, 0.3) is 0 Å². The summed E-state index contributed by atoms with van der Waals surface area (Å²) in [5.41, 5.74) is 1.59. The van der Waals surface area contributed by atoms with Gasteiger partial charge in [0.05, 0.1) is 6.61 Å². The highest BCUT2D eigenvalue weighted by Gasteiger charge is 2.53. The molecule has 1 heterocycles. The Morgan fingerprint density at radius 1 is 0.897 bits per heavy atom. The first-order chi connectivity index (χ1) is 14.0. The fourth-order valence-electron chi connectivity index (χ4n) is 3.45. The van der Waals surface area contributed by atoms with E-state index in [9.17, 15) is 19.5 Å². The summed E-state index contributed by atoms with van der Waals surface area (Å²) in [6.07, 6.45) is 0.608. The van der Waals surface area contributed by atoms with Gasteiger partial charge in [-0.3, -0.25) is 0 Å². The molecule has 2 amide bonds. The highest BCUT2D eigenvalue weighted by Crippen LogP contribution is 2.28. The standard InChI is InChI=1S/C22H24N2O5/c1-2-13-29-21(27)19-18(20(25)26)23(14-16-9-5-3-6-10-16)22(28)24(19)15-17-11-7-4-8-12-17/h3-12,18-19H,2,13-15H2,1H3,(H,25,26)/t18-,19+/m0/s1. The molecule has 1 saturated heterocycles. The number of nitrogens with zero attached hydrogens (tertiary/aromatic N) is 2. The minimum absolute atomic E-state index is 0.0967. The van der Waals surface area contributed by atoms with Gasteiger partial charge in [-0.1, -0.05) is 67.6 Å². The Morgan fingerprint density at radius 3 is 1.83 bits per heavy atom. The number of hydrogen-bond donors (Lipinski definition) is 1. The van der Waals surface area contributed by atoms with Crippen molar-refractivity contribution in [2.24, 2.45) is 0 Å². The summed E-state index contributed by atoms with van der Waals surface area (Å²) in [6, 6.07) is 15.3.